The summed E-state index contributed by atoms with van der Waals surface area (Å²) in [6, 6.07) is 8.22. The molecule has 21 heavy (non-hydrogen) atoms. The Kier molecular flexibility index (Phi) is 7.89. The minimum Gasteiger partial charge on any atom is -0.480 e. The lowest BCUT2D eigenvalue weighted by Crippen LogP contribution is -2.46. The third-order valence-electron chi connectivity index (χ3n) is 2.98. The van der Waals surface area contributed by atoms with Gasteiger partial charge in [0.05, 0.1) is 0 Å². The summed E-state index contributed by atoms with van der Waals surface area (Å²) in [5, 5.41) is 14.2. The smallest absolute Gasteiger partial charge is 0.326 e. The molecule has 116 valence electrons. The molecule has 1 rings (SSSR count). The molecular weight excluding hydrogens is 272 g/mol. The quantitative estimate of drug-likeness (QED) is 0.601. The monoisotopic (exact) mass is 294 g/mol. The number of amides is 2. The lowest BCUT2D eigenvalue weighted by Gasteiger charge is -2.15. The van der Waals surface area contributed by atoms with Crippen LogP contribution in [0.3, 0.4) is 0 Å². The summed E-state index contributed by atoms with van der Waals surface area (Å²) >= 11 is 0. The van der Waals surface area contributed by atoms with E-state index >= 15 is 0 Å². The summed E-state index contributed by atoms with van der Waals surface area (Å²) < 4.78 is 4.86. The van der Waals surface area contributed by atoms with E-state index in [4.69, 9.17) is 9.84 Å². The number of benzene rings is 1. The summed E-state index contributed by atoms with van der Waals surface area (Å²) in [6.45, 7) is 1.00. The Balaban J connectivity index is 2.35. The first kappa shape index (κ1) is 17.0. The van der Waals surface area contributed by atoms with Crippen molar-refractivity contribution in [1.29, 1.82) is 0 Å². The maximum Gasteiger partial charge on any atom is 0.326 e. The van der Waals surface area contributed by atoms with Crippen LogP contribution in [-0.2, 0) is 16.0 Å². The highest BCUT2D eigenvalue weighted by molar-refractivity contribution is 5.82. The molecule has 0 saturated heterocycles. The van der Waals surface area contributed by atoms with E-state index in [9.17, 15) is 9.59 Å². The van der Waals surface area contributed by atoms with Crippen molar-refractivity contribution in [2.24, 2.45) is 0 Å². The fourth-order valence-electron chi connectivity index (χ4n) is 1.84. The van der Waals surface area contributed by atoms with Crippen LogP contribution in [0, 0.1) is 0 Å². The zero-order valence-corrected chi connectivity index (χ0v) is 12.2. The van der Waals surface area contributed by atoms with E-state index in [2.05, 4.69) is 10.6 Å². The van der Waals surface area contributed by atoms with Crippen molar-refractivity contribution < 1.29 is 19.4 Å². The number of carboxylic acid groups (broad SMARTS) is 1. The molecule has 0 heterocycles. The molecule has 0 aliphatic heterocycles. The minimum absolute atomic E-state index is 0.352. The molecule has 1 atom stereocenters. The van der Waals surface area contributed by atoms with Gasteiger partial charge in [0.15, 0.2) is 0 Å². The van der Waals surface area contributed by atoms with Gasteiger partial charge >= 0.3 is 12.0 Å². The molecule has 0 aromatic heterocycles. The van der Waals surface area contributed by atoms with E-state index in [1.807, 2.05) is 30.3 Å². The number of ether oxygens (including phenoxy) is 1. The maximum atomic E-state index is 11.6. The molecule has 2 amide bonds. The normalized spacial score (nSPS) is 11.7. The number of carboxylic acids is 1. The van der Waals surface area contributed by atoms with Crippen molar-refractivity contribution in [3.63, 3.8) is 0 Å². The van der Waals surface area contributed by atoms with E-state index in [1.54, 1.807) is 7.11 Å². The summed E-state index contributed by atoms with van der Waals surface area (Å²) in [7, 11) is 1.59. The Morgan fingerprint density at radius 1 is 1.29 bits per heavy atom. The zero-order valence-electron chi connectivity index (χ0n) is 12.2. The van der Waals surface area contributed by atoms with Gasteiger partial charge in [0, 0.05) is 20.3 Å². The molecule has 0 saturated carbocycles. The van der Waals surface area contributed by atoms with Crippen LogP contribution in [0.1, 0.15) is 18.4 Å². The van der Waals surface area contributed by atoms with Gasteiger partial charge in [-0.15, -0.1) is 0 Å². The molecule has 0 aliphatic rings. The Labute approximate surface area is 124 Å². The molecule has 1 aromatic rings. The van der Waals surface area contributed by atoms with Gasteiger partial charge in [-0.05, 0) is 24.8 Å². The van der Waals surface area contributed by atoms with Gasteiger partial charge in [0.1, 0.15) is 6.04 Å². The number of aryl methyl sites for hydroxylation is 1. The number of nitrogens with one attached hydrogen (secondary N) is 2. The molecule has 6 nitrogen and oxygen atoms in total. The van der Waals surface area contributed by atoms with Crippen molar-refractivity contribution in [3.8, 4) is 0 Å². The molecule has 0 fully saturated rings. The van der Waals surface area contributed by atoms with Gasteiger partial charge in [-0.3, -0.25) is 0 Å². The third-order valence-corrected chi connectivity index (χ3v) is 2.98. The Morgan fingerprint density at radius 3 is 2.62 bits per heavy atom. The van der Waals surface area contributed by atoms with Crippen LogP contribution in [0.4, 0.5) is 4.79 Å². The van der Waals surface area contributed by atoms with Crippen LogP contribution in [0.25, 0.3) is 0 Å². The van der Waals surface area contributed by atoms with Crippen molar-refractivity contribution in [2.45, 2.75) is 25.3 Å². The predicted molar refractivity (Wildman–Crippen MR) is 79.2 cm³/mol. The lowest BCUT2D eigenvalue weighted by molar-refractivity contribution is -0.139. The topological polar surface area (TPSA) is 87.7 Å². The van der Waals surface area contributed by atoms with Crippen LogP contribution >= 0.6 is 0 Å². The molecular formula is C15H22N2O4. The van der Waals surface area contributed by atoms with Gasteiger partial charge < -0.3 is 20.5 Å². The Bertz CT molecular complexity index is 437. The van der Waals surface area contributed by atoms with E-state index in [1.165, 1.54) is 0 Å². The SMILES string of the molecule is COCCCNC(=O)NC(CCc1ccccc1)C(=O)O. The second-order valence-corrected chi connectivity index (χ2v) is 4.66. The van der Waals surface area contributed by atoms with E-state index < -0.39 is 18.0 Å². The average Bonchev–Trinajstić information content (AvgIpc) is 2.48. The average molecular weight is 294 g/mol. The van der Waals surface area contributed by atoms with Crippen LogP contribution in [0.15, 0.2) is 30.3 Å². The highest BCUT2D eigenvalue weighted by Gasteiger charge is 2.19. The minimum atomic E-state index is -1.03. The second kappa shape index (κ2) is 9.77. The van der Waals surface area contributed by atoms with Gasteiger partial charge in [-0.25, -0.2) is 9.59 Å². The standard InChI is InChI=1S/C15H22N2O4/c1-21-11-5-10-16-15(20)17-13(14(18)19)9-8-12-6-3-2-4-7-12/h2-4,6-7,13H,5,8-11H2,1H3,(H,18,19)(H2,16,17,20). The molecule has 0 aliphatic carbocycles. The van der Waals surface area contributed by atoms with Crippen molar-refractivity contribution >= 4 is 12.0 Å². The van der Waals surface area contributed by atoms with Crippen molar-refractivity contribution in [3.05, 3.63) is 35.9 Å². The Hall–Kier alpha value is -2.08. The fourth-order valence-corrected chi connectivity index (χ4v) is 1.84. The predicted octanol–water partition coefficient (Wildman–Crippen LogP) is 1.41. The second-order valence-electron chi connectivity index (χ2n) is 4.66. The molecule has 1 unspecified atom stereocenters. The molecule has 0 spiro atoms. The molecule has 6 heteroatoms. The Morgan fingerprint density at radius 2 is 2.00 bits per heavy atom. The number of methoxy groups -OCH3 is 1. The maximum absolute atomic E-state index is 11.6. The number of carbonyl (C=O) groups is 2. The van der Waals surface area contributed by atoms with Gasteiger partial charge in [-0.2, -0.15) is 0 Å². The zero-order chi connectivity index (χ0) is 15.5. The van der Waals surface area contributed by atoms with Gasteiger partial charge in [0.2, 0.25) is 0 Å². The van der Waals surface area contributed by atoms with Gasteiger partial charge in [0.25, 0.3) is 0 Å². The van der Waals surface area contributed by atoms with Gasteiger partial charge in [-0.1, -0.05) is 30.3 Å². The van der Waals surface area contributed by atoms with Crippen LogP contribution in [0.5, 0.6) is 0 Å². The highest BCUT2D eigenvalue weighted by atomic mass is 16.5. The number of urea groups is 1. The first-order valence-electron chi connectivity index (χ1n) is 6.93. The molecule has 0 radical (unpaired) electrons. The van der Waals surface area contributed by atoms with Crippen molar-refractivity contribution in [2.75, 3.05) is 20.3 Å². The number of hydrogen-bond acceptors (Lipinski definition) is 3. The van der Waals surface area contributed by atoms with E-state index in [0.717, 1.165) is 5.56 Å². The van der Waals surface area contributed by atoms with E-state index in [-0.39, 0.29) is 0 Å². The number of carbonyl (C=O) groups excluding carboxylic acids is 1. The summed E-state index contributed by atoms with van der Waals surface area (Å²) in [5.74, 6) is -1.03. The molecule has 0 bridgehead atoms. The highest BCUT2D eigenvalue weighted by Crippen LogP contribution is 2.05. The summed E-state index contributed by atoms with van der Waals surface area (Å²) in [4.78, 5) is 22.8. The number of rotatable bonds is 9. The lowest BCUT2D eigenvalue weighted by atomic mass is 10.1. The van der Waals surface area contributed by atoms with E-state index in [0.29, 0.717) is 32.4 Å². The summed E-state index contributed by atoms with van der Waals surface area (Å²) in [5.41, 5.74) is 1.05. The largest absolute Gasteiger partial charge is 0.480 e. The fraction of sp³-hybridized carbons (Fsp3) is 0.467. The first-order valence-corrected chi connectivity index (χ1v) is 6.93. The first-order chi connectivity index (χ1) is 10.1. The summed E-state index contributed by atoms with van der Waals surface area (Å²) in [6.07, 6.45) is 1.64. The van der Waals surface area contributed by atoms with Crippen LogP contribution in [-0.4, -0.2) is 43.4 Å². The van der Waals surface area contributed by atoms with Crippen LogP contribution in [0.2, 0.25) is 0 Å². The molecule has 1 aromatic carbocycles. The number of aliphatic carboxylic acids is 1. The number of hydrogen-bond donors (Lipinski definition) is 3. The molecule has 3 N–H and O–H groups in total. The van der Waals surface area contributed by atoms with Crippen molar-refractivity contribution in [1.82, 2.24) is 10.6 Å². The third kappa shape index (κ3) is 7.31. The van der Waals surface area contributed by atoms with Crippen LogP contribution < -0.4 is 10.6 Å².